The lowest BCUT2D eigenvalue weighted by Crippen LogP contribution is -2.07. The quantitative estimate of drug-likeness (QED) is 0.708. The zero-order valence-electron chi connectivity index (χ0n) is 12.6. The van der Waals surface area contributed by atoms with E-state index in [4.69, 9.17) is 0 Å². The number of nitrogens with zero attached hydrogens (tertiary/aromatic N) is 4. The lowest BCUT2D eigenvalue weighted by Gasteiger charge is -2.18. The van der Waals surface area contributed by atoms with Crippen LogP contribution < -0.4 is 0 Å². The van der Waals surface area contributed by atoms with Crippen LogP contribution in [0.2, 0.25) is 0 Å². The van der Waals surface area contributed by atoms with Crippen LogP contribution in [0.3, 0.4) is 0 Å². The number of rotatable bonds is 2. The SMILES string of the molecule is Fc1cc(F)c(-c2cnc3ncnn3c2C2=CCCCC2)c(F)c1. The summed E-state index contributed by atoms with van der Waals surface area (Å²) in [5.41, 5.74) is 1.44. The number of aromatic nitrogens is 4. The Kier molecular flexibility index (Phi) is 3.55. The van der Waals surface area contributed by atoms with E-state index in [-0.39, 0.29) is 11.1 Å². The fraction of sp³-hybridized carbons (Fsp3) is 0.235. The van der Waals surface area contributed by atoms with Gasteiger partial charge in [0.1, 0.15) is 23.8 Å². The summed E-state index contributed by atoms with van der Waals surface area (Å²) in [6.45, 7) is 0. The highest BCUT2D eigenvalue weighted by atomic mass is 19.1. The predicted molar refractivity (Wildman–Crippen MR) is 82.5 cm³/mol. The van der Waals surface area contributed by atoms with E-state index in [9.17, 15) is 13.2 Å². The zero-order chi connectivity index (χ0) is 16.7. The van der Waals surface area contributed by atoms with Crippen molar-refractivity contribution in [2.45, 2.75) is 25.7 Å². The van der Waals surface area contributed by atoms with Gasteiger partial charge in [-0.05, 0) is 31.3 Å². The number of halogens is 3. The molecule has 0 amide bonds. The van der Waals surface area contributed by atoms with Gasteiger partial charge in [-0.1, -0.05) is 6.08 Å². The Labute approximate surface area is 135 Å². The van der Waals surface area contributed by atoms with Crippen molar-refractivity contribution in [2.24, 2.45) is 0 Å². The summed E-state index contributed by atoms with van der Waals surface area (Å²) < 4.78 is 43.3. The van der Waals surface area contributed by atoms with Gasteiger partial charge < -0.3 is 0 Å². The third-order valence-corrected chi connectivity index (χ3v) is 4.18. The van der Waals surface area contributed by atoms with Crippen LogP contribution in [0.25, 0.3) is 22.5 Å². The van der Waals surface area contributed by atoms with E-state index < -0.39 is 17.5 Å². The third-order valence-electron chi connectivity index (χ3n) is 4.18. The van der Waals surface area contributed by atoms with Gasteiger partial charge in [-0.2, -0.15) is 14.6 Å². The molecule has 1 aromatic carbocycles. The predicted octanol–water partition coefficient (Wildman–Crippen LogP) is 4.17. The average Bonchev–Trinajstić information content (AvgIpc) is 3.03. The molecule has 122 valence electrons. The summed E-state index contributed by atoms with van der Waals surface area (Å²) in [5, 5.41) is 4.14. The minimum atomic E-state index is -0.966. The maximum Gasteiger partial charge on any atom is 0.252 e. The highest BCUT2D eigenvalue weighted by Gasteiger charge is 2.22. The molecular weight excluding hydrogens is 317 g/mol. The minimum Gasteiger partial charge on any atom is -0.219 e. The van der Waals surface area contributed by atoms with Crippen molar-refractivity contribution >= 4 is 11.4 Å². The molecule has 2 aromatic heterocycles. The van der Waals surface area contributed by atoms with E-state index in [1.54, 1.807) is 0 Å². The van der Waals surface area contributed by atoms with Gasteiger partial charge in [-0.15, -0.1) is 0 Å². The van der Waals surface area contributed by atoms with Gasteiger partial charge >= 0.3 is 0 Å². The summed E-state index contributed by atoms with van der Waals surface area (Å²) in [7, 11) is 0. The molecule has 3 aromatic rings. The first-order valence-corrected chi connectivity index (χ1v) is 7.68. The summed E-state index contributed by atoms with van der Waals surface area (Å²) in [6, 6.07) is 1.34. The molecule has 7 heteroatoms. The largest absolute Gasteiger partial charge is 0.252 e. The molecule has 0 saturated carbocycles. The van der Waals surface area contributed by atoms with E-state index in [2.05, 4.69) is 15.1 Å². The topological polar surface area (TPSA) is 43.1 Å². The molecule has 0 saturated heterocycles. The maximum atomic E-state index is 14.3. The van der Waals surface area contributed by atoms with Crippen molar-refractivity contribution in [3.05, 3.63) is 53.9 Å². The summed E-state index contributed by atoms with van der Waals surface area (Å²) in [4.78, 5) is 8.15. The molecule has 24 heavy (non-hydrogen) atoms. The van der Waals surface area contributed by atoms with E-state index in [1.807, 2.05) is 6.08 Å². The van der Waals surface area contributed by atoms with Crippen LogP contribution in [0.15, 0.2) is 30.7 Å². The summed E-state index contributed by atoms with van der Waals surface area (Å²) in [6.07, 6.45) is 8.48. The number of fused-ring (bicyclic) bond motifs is 1. The van der Waals surface area contributed by atoms with E-state index in [0.717, 1.165) is 31.3 Å². The molecule has 0 bridgehead atoms. The monoisotopic (exact) mass is 330 g/mol. The van der Waals surface area contributed by atoms with Crippen LogP contribution in [0.4, 0.5) is 13.2 Å². The van der Waals surface area contributed by atoms with Gasteiger partial charge in [-0.3, -0.25) is 0 Å². The van der Waals surface area contributed by atoms with Crippen molar-refractivity contribution < 1.29 is 13.2 Å². The van der Waals surface area contributed by atoms with Crippen LogP contribution in [0.5, 0.6) is 0 Å². The molecule has 4 nitrogen and oxygen atoms in total. The summed E-state index contributed by atoms with van der Waals surface area (Å²) in [5.74, 6) is -2.54. The van der Waals surface area contributed by atoms with Gasteiger partial charge in [-0.25, -0.2) is 18.2 Å². The van der Waals surface area contributed by atoms with Crippen molar-refractivity contribution in [1.82, 2.24) is 19.6 Å². The third kappa shape index (κ3) is 2.36. The number of benzene rings is 1. The highest BCUT2D eigenvalue weighted by Crippen LogP contribution is 2.36. The van der Waals surface area contributed by atoms with Crippen LogP contribution in [-0.2, 0) is 0 Å². The second-order valence-corrected chi connectivity index (χ2v) is 5.71. The highest BCUT2D eigenvalue weighted by molar-refractivity contribution is 5.80. The molecule has 0 fully saturated rings. The Morgan fingerprint density at radius 2 is 1.79 bits per heavy atom. The molecule has 0 aliphatic heterocycles. The smallest absolute Gasteiger partial charge is 0.219 e. The van der Waals surface area contributed by atoms with Gasteiger partial charge in [0.15, 0.2) is 0 Å². The van der Waals surface area contributed by atoms with Crippen LogP contribution >= 0.6 is 0 Å². The number of hydrogen-bond acceptors (Lipinski definition) is 3. The van der Waals surface area contributed by atoms with Crippen molar-refractivity contribution in [3.63, 3.8) is 0 Å². The van der Waals surface area contributed by atoms with Crippen molar-refractivity contribution in [1.29, 1.82) is 0 Å². The molecule has 2 heterocycles. The lowest BCUT2D eigenvalue weighted by atomic mass is 9.92. The van der Waals surface area contributed by atoms with Crippen molar-refractivity contribution in [3.8, 4) is 11.1 Å². The number of allylic oxidation sites excluding steroid dienone is 2. The van der Waals surface area contributed by atoms with Gasteiger partial charge in [0.2, 0.25) is 0 Å². The molecule has 1 aliphatic rings. The molecule has 0 spiro atoms. The van der Waals surface area contributed by atoms with Crippen LogP contribution in [-0.4, -0.2) is 19.6 Å². The minimum absolute atomic E-state index is 0.246. The molecule has 4 rings (SSSR count). The molecule has 0 unspecified atom stereocenters. The Hall–Kier alpha value is -2.70. The molecule has 0 atom stereocenters. The van der Waals surface area contributed by atoms with Crippen LogP contribution in [0.1, 0.15) is 31.4 Å². The first kappa shape index (κ1) is 14.9. The first-order valence-electron chi connectivity index (χ1n) is 7.68. The first-order chi connectivity index (χ1) is 11.6. The Balaban J connectivity index is 2.04. The Morgan fingerprint density at radius 3 is 2.50 bits per heavy atom. The molecular formula is C17H13F3N4. The van der Waals surface area contributed by atoms with Gasteiger partial charge in [0.25, 0.3) is 5.78 Å². The number of hydrogen-bond donors (Lipinski definition) is 0. The standard InChI is InChI=1S/C17H13F3N4/c18-11-6-13(19)15(14(20)7-11)12-8-21-17-22-9-23-24(17)16(12)10-4-2-1-3-5-10/h4,6-9H,1-3,5H2. The second kappa shape index (κ2) is 5.74. The normalized spacial score (nSPS) is 14.9. The van der Waals surface area contributed by atoms with Gasteiger partial charge in [0.05, 0.1) is 11.3 Å². The average molecular weight is 330 g/mol. The maximum absolute atomic E-state index is 14.3. The molecule has 0 radical (unpaired) electrons. The molecule has 1 aliphatic carbocycles. The van der Waals surface area contributed by atoms with Crippen LogP contribution in [0, 0.1) is 17.5 Å². The van der Waals surface area contributed by atoms with E-state index in [0.29, 0.717) is 23.6 Å². The Bertz CT molecular complexity index is 939. The zero-order valence-corrected chi connectivity index (χ0v) is 12.6. The van der Waals surface area contributed by atoms with Crippen molar-refractivity contribution in [2.75, 3.05) is 0 Å². The van der Waals surface area contributed by atoms with Gasteiger partial charge in [0, 0.05) is 23.9 Å². The summed E-state index contributed by atoms with van der Waals surface area (Å²) >= 11 is 0. The van der Waals surface area contributed by atoms with E-state index in [1.165, 1.54) is 17.0 Å². The Morgan fingerprint density at radius 1 is 1.00 bits per heavy atom. The van der Waals surface area contributed by atoms with E-state index >= 15 is 0 Å². The fourth-order valence-corrected chi connectivity index (χ4v) is 3.12. The second-order valence-electron chi connectivity index (χ2n) is 5.71. The fourth-order valence-electron chi connectivity index (χ4n) is 3.12. The molecule has 0 N–H and O–H groups in total. The lowest BCUT2D eigenvalue weighted by molar-refractivity contribution is 0.547.